The van der Waals surface area contributed by atoms with Crippen molar-refractivity contribution in [2.24, 2.45) is 0 Å². The van der Waals surface area contributed by atoms with Crippen molar-refractivity contribution in [2.45, 2.75) is 6.42 Å². The molecule has 2 rings (SSSR count). The van der Waals surface area contributed by atoms with E-state index in [1.807, 2.05) is 35.2 Å². The van der Waals surface area contributed by atoms with Gasteiger partial charge in [0.05, 0.1) is 19.0 Å². The molecule has 0 unspecified atom stereocenters. The van der Waals surface area contributed by atoms with E-state index in [0.29, 0.717) is 18.5 Å². The second kappa shape index (κ2) is 7.20. The fraction of sp³-hybridized carbons (Fsp3) is 0.176. The first-order valence-electron chi connectivity index (χ1n) is 6.66. The Kier molecular flexibility index (Phi) is 5.05. The number of halogens is 1. The molecule has 0 aliphatic heterocycles. The summed E-state index contributed by atoms with van der Waals surface area (Å²) in [6, 6.07) is 17.1. The monoisotopic (exact) mass is 282 g/mol. The molecule has 106 valence electrons. The molecule has 0 aliphatic carbocycles. The molecule has 0 radical (unpaired) electrons. The van der Waals surface area contributed by atoms with Crippen molar-refractivity contribution in [1.29, 1.82) is 5.26 Å². The maximum atomic E-state index is 13.2. The Labute approximate surface area is 123 Å². The minimum absolute atomic E-state index is 0.120. The number of hydrogen-bond donors (Lipinski definition) is 0. The molecular weight excluding hydrogens is 267 g/mol. The zero-order chi connectivity index (χ0) is 15.1. The minimum Gasteiger partial charge on any atom is -0.363 e. The second-order valence-corrected chi connectivity index (χ2v) is 4.60. The average molecular weight is 282 g/mol. The fourth-order valence-electron chi connectivity index (χ4n) is 2.05. The van der Waals surface area contributed by atoms with Crippen LogP contribution in [0.15, 0.2) is 54.6 Å². The summed E-state index contributed by atoms with van der Waals surface area (Å²) in [5, 5.41) is 8.74. The van der Waals surface area contributed by atoms with Crippen LogP contribution in [0.3, 0.4) is 0 Å². The molecule has 0 bridgehead atoms. The number of Topliss-reactive ketones (excluding diaryl/α,β-unsaturated/α-hetero) is 1. The first-order chi connectivity index (χ1) is 10.2. The van der Waals surface area contributed by atoms with Crippen LogP contribution in [-0.4, -0.2) is 18.9 Å². The summed E-state index contributed by atoms with van der Waals surface area (Å²) in [4.78, 5) is 14.1. The molecule has 0 saturated heterocycles. The highest BCUT2D eigenvalue weighted by Crippen LogP contribution is 2.15. The number of para-hydroxylation sites is 1. The van der Waals surface area contributed by atoms with Gasteiger partial charge in [0.2, 0.25) is 0 Å². The SMILES string of the molecule is N#CCCN(CC(=O)c1cccc(F)c1)c1ccccc1. The number of anilines is 1. The van der Waals surface area contributed by atoms with Crippen LogP contribution in [0, 0.1) is 17.1 Å². The van der Waals surface area contributed by atoms with Gasteiger partial charge < -0.3 is 4.90 Å². The molecular formula is C17H15FN2O. The van der Waals surface area contributed by atoms with Crippen LogP contribution in [0.1, 0.15) is 16.8 Å². The van der Waals surface area contributed by atoms with E-state index in [9.17, 15) is 9.18 Å². The van der Waals surface area contributed by atoms with Crippen LogP contribution < -0.4 is 4.90 Å². The largest absolute Gasteiger partial charge is 0.363 e. The molecule has 2 aromatic carbocycles. The predicted octanol–water partition coefficient (Wildman–Crippen LogP) is 3.43. The van der Waals surface area contributed by atoms with Crippen molar-refractivity contribution in [3.05, 3.63) is 66.0 Å². The summed E-state index contributed by atoms with van der Waals surface area (Å²) in [6.07, 6.45) is 0.325. The standard InChI is InChI=1S/C17H15FN2O/c18-15-7-4-6-14(12-15)17(21)13-20(11-5-10-19)16-8-2-1-3-9-16/h1-4,6-9,12H,5,11,13H2. The molecule has 0 atom stereocenters. The summed E-state index contributed by atoms with van der Waals surface area (Å²) in [5.41, 5.74) is 1.21. The van der Waals surface area contributed by atoms with Crippen molar-refractivity contribution in [3.8, 4) is 6.07 Å². The summed E-state index contributed by atoms with van der Waals surface area (Å²) in [5.74, 6) is -0.597. The summed E-state index contributed by atoms with van der Waals surface area (Å²) >= 11 is 0. The quantitative estimate of drug-likeness (QED) is 0.762. The second-order valence-electron chi connectivity index (χ2n) is 4.60. The van der Waals surface area contributed by atoms with E-state index >= 15 is 0 Å². The number of ketones is 1. The molecule has 0 aromatic heterocycles. The van der Waals surface area contributed by atoms with Gasteiger partial charge in [0, 0.05) is 17.8 Å². The van der Waals surface area contributed by atoms with E-state index in [2.05, 4.69) is 6.07 Å². The van der Waals surface area contributed by atoms with Crippen molar-refractivity contribution < 1.29 is 9.18 Å². The van der Waals surface area contributed by atoms with Crippen molar-refractivity contribution in [2.75, 3.05) is 18.0 Å². The zero-order valence-corrected chi connectivity index (χ0v) is 11.5. The third kappa shape index (κ3) is 4.15. The summed E-state index contributed by atoms with van der Waals surface area (Å²) in [7, 11) is 0. The van der Waals surface area contributed by atoms with Gasteiger partial charge in [-0.15, -0.1) is 0 Å². The lowest BCUT2D eigenvalue weighted by molar-refractivity contribution is 0.0998. The minimum atomic E-state index is -0.427. The van der Waals surface area contributed by atoms with Gasteiger partial charge in [-0.1, -0.05) is 30.3 Å². The van der Waals surface area contributed by atoms with Crippen molar-refractivity contribution >= 4 is 11.5 Å². The molecule has 21 heavy (non-hydrogen) atoms. The van der Waals surface area contributed by atoms with E-state index in [1.165, 1.54) is 18.2 Å². The third-order valence-electron chi connectivity index (χ3n) is 3.10. The highest BCUT2D eigenvalue weighted by Gasteiger charge is 2.13. The highest BCUT2D eigenvalue weighted by molar-refractivity contribution is 5.99. The molecule has 0 N–H and O–H groups in total. The van der Waals surface area contributed by atoms with E-state index in [-0.39, 0.29) is 12.3 Å². The van der Waals surface area contributed by atoms with Crippen LogP contribution in [0.2, 0.25) is 0 Å². The van der Waals surface area contributed by atoms with E-state index in [1.54, 1.807) is 6.07 Å². The lowest BCUT2D eigenvalue weighted by Gasteiger charge is -2.23. The number of nitriles is 1. The van der Waals surface area contributed by atoms with Gasteiger partial charge in [-0.2, -0.15) is 5.26 Å². The molecule has 0 amide bonds. The number of carbonyl (C=O) groups is 1. The lowest BCUT2D eigenvalue weighted by Crippen LogP contribution is -2.30. The third-order valence-corrected chi connectivity index (χ3v) is 3.10. The topological polar surface area (TPSA) is 44.1 Å². The van der Waals surface area contributed by atoms with Gasteiger partial charge in [0.25, 0.3) is 0 Å². The Morgan fingerprint density at radius 3 is 2.57 bits per heavy atom. The van der Waals surface area contributed by atoms with E-state index in [0.717, 1.165) is 5.69 Å². The molecule has 4 heteroatoms. The van der Waals surface area contributed by atoms with Crippen LogP contribution in [0.5, 0.6) is 0 Å². The van der Waals surface area contributed by atoms with E-state index in [4.69, 9.17) is 5.26 Å². The number of hydrogen-bond acceptors (Lipinski definition) is 3. The Bertz CT molecular complexity index is 649. The lowest BCUT2D eigenvalue weighted by atomic mass is 10.1. The van der Waals surface area contributed by atoms with Gasteiger partial charge >= 0.3 is 0 Å². The van der Waals surface area contributed by atoms with Gasteiger partial charge in [0.1, 0.15) is 5.82 Å². The molecule has 0 saturated carbocycles. The summed E-state index contributed by atoms with van der Waals surface area (Å²) in [6.45, 7) is 0.580. The van der Waals surface area contributed by atoms with Crippen molar-refractivity contribution in [3.63, 3.8) is 0 Å². The molecule has 0 spiro atoms. The van der Waals surface area contributed by atoms with Crippen LogP contribution in [-0.2, 0) is 0 Å². The molecule has 3 nitrogen and oxygen atoms in total. The number of benzene rings is 2. The van der Waals surface area contributed by atoms with Crippen LogP contribution in [0.4, 0.5) is 10.1 Å². The Balaban J connectivity index is 2.15. The van der Waals surface area contributed by atoms with E-state index < -0.39 is 5.82 Å². The molecule has 2 aromatic rings. The van der Waals surface area contributed by atoms with Crippen LogP contribution in [0.25, 0.3) is 0 Å². The first kappa shape index (κ1) is 14.7. The fourth-order valence-corrected chi connectivity index (χ4v) is 2.05. The number of carbonyl (C=O) groups excluding carboxylic acids is 1. The van der Waals surface area contributed by atoms with Crippen LogP contribution >= 0.6 is 0 Å². The maximum absolute atomic E-state index is 13.2. The molecule has 0 heterocycles. The Morgan fingerprint density at radius 2 is 1.90 bits per heavy atom. The smallest absolute Gasteiger partial charge is 0.182 e. The van der Waals surface area contributed by atoms with Gasteiger partial charge in [0.15, 0.2) is 5.78 Å². The summed E-state index contributed by atoms with van der Waals surface area (Å²) < 4.78 is 13.2. The predicted molar refractivity (Wildman–Crippen MR) is 79.6 cm³/mol. The normalized spacial score (nSPS) is 9.90. The van der Waals surface area contributed by atoms with Gasteiger partial charge in [-0.25, -0.2) is 4.39 Å². The Hall–Kier alpha value is -2.67. The highest BCUT2D eigenvalue weighted by atomic mass is 19.1. The zero-order valence-electron chi connectivity index (χ0n) is 11.5. The van der Waals surface area contributed by atoms with Crippen molar-refractivity contribution in [1.82, 2.24) is 0 Å². The Morgan fingerprint density at radius 1 is 1.14 bits per heavy atom. The average Bonchev–Trinajstić information content (AvgIpc) is 2.52. The van der Waals surface area contributed by atoms with Gasteiger partial charge in [-0.3, -0.25) is 4.79 Å². The van der Waals surface area contributed by atoms with Gasteiger partial charge in [-0.05, 0) is 24.3 Å². The molecule has 0 fully saturated rings. The molecule has 0 aliphatic rings. The number of nitrogens with zero attached hydrogens (tertiary/aromatic N) is 2. The first-order valence-corrected chi connectivity index (χ1v) is 6.66. The maximum Gasteiger partial charge on any atom is 0.182 e. The number of rotatable bonds is 6.